The number of likely N-dealkylation sites (tertiary alicyclic amines) is 1. The number of anilines is 2. The Morgan fingerprint density at radius 1 is 1.17 bits per heavy atom. The molecule has 0 bridgehead atoms. The standard InChI is InChI=1S/C25H26ClFN4O4/c1-33-22-13-20-17(24(29-14-28-20)30-15-4-5-19(27)18(26)11-15)12-23(22)35-16-6-8-31(9-7-16)25(32)21-3-2-10-34-21/h4-5,11-14,16,21H,2-3,6-10H2,1H3,(H,28,29,30)/t21-/m1/s1. The first-order valence-electron chi connectivity index (χ1n) is 11.6. The zero-order chi connectivity index (χ0) is 24.4. The third-order valence-electron chi connectivity index (χ3n) is 6.36. The average molecular weight is 501 g/mol. The summed E-state index contributed by atoms with van der Waals surface area (Å²) in [4.78, 5) is 23.2. The minimum Gasteiger partial charge on any atom is -0.493 e. The van der Waals surface area contributed by atoms with Gasteiger partial charge in [-0.05, 0) is 37.1 Å². The van der Waals surface area contributed by atoms with Crippen LogP contribution in [0, 0.1) is 5.82 Å². The second-order valence-corrected chi connectivity index (χ2v) is 9.05. The molecule has 0 unspecified atom stereocenters. The van der Waals surface area contributed by atoms with E-state index in [0.717, 1.165) is 18.2 Å². The van der Waals surface area contributed by atoms with Crippen molar-refractivity contribution in [2.75, 3.05) is 32.1 Å². The highest BCUT2D eigenvalue weighted by Gasteiger charge is 2.31. The molecule has 0 spiro atoms. The number of carbonyl (C=O) groups excluding carboxylic acids is 1. The fourth-order valence-corrected chi connectivity index (χ4v) is 4.66. The largest absolute Gasteiger partial charge is 0.493 e. The number of nitrogens with one attached hydrogen (secondary N) is 1. The van der Waals surface area contributed by atoms with Gasteiger partial charge in [0.1, 0.15) is 30.2 Å². The van der Waals surface area contributed by atoms with Crippen LogP contribution in [0.5, 0.6) is 11.5 Å². The van der Waals surface area contributed by atoms with Crippen LogP contribution in [-0.2, 0) is 9.53 Å². The molecule has 2 saturated heterocycles. The molecule has 2 aliphatic rings. The summed E-state index contributed by atoms with van der Waals surface area (Å²) in [7, 11) is 1.58. The van der Waals surface area contributed by atoms with E-state index < -0.39 is 5.82 Å². The van der Waals surface area contributed by atoms with Gasteiger partial charge in [0, 0.05) is 49.7 Å². The lowest BCUT2D eigenvalue weighted by Crippen LogP contribution is -2.45. The van der Waals surface area contributed by atoms with E-state index in [9.17, 15) is 9.18 Å². The lowest BCUT2D eigenvalue weighted by atomic mass is 10.1. The van der Waals surface area contributed by atoms with Crippen LogP contribution in [0.1, 0.15) is 25.7 Å². The molecule has 0 aliphatic carbocycles. The fraction of sp³-hybridized carbons (Fsp3) is 0.400. The van der Waals surface area contributed by atoms with E-state index in [1.54, 1.807) is 19.2 Å². The summed E-state index contributed by atoms with van der Waals surface area (Å²) in [5.74, 6) is 1.25. The number of methoxy groups -OCH3 is 1. The van der Waals surface area contributed by atoms with Crippen LogP contribution >= 0.6 is 11.6 Å². The number of carbonyl (C=O) groups is 1. The van der Waals surface area contributed by atoms with Gasteiger partial charge in [0.25, 0.3) is 5.91 Å². The SMILES string of the molecule is COc1cc2ncnc(Nc3ccc(F)c(Cl)c3)c2cc1OC1CCN(C(=O)[C@H]2CCCO2)CC1. The molecule has 1 atom stereocenters. The number of ether oxygens (including phenoxy) is 3. The summed E-state index contributed by atoms with van der Waals surface area (Å²) in [5.41, 5.74) is 1.26. The molecule has 2 aromatic carbocycles. The lowest BCUT2D eigenvalue weighted by molar-refractivity contribution is -0.142. The van der Waals surface area contributed by atoms with E-state index in [2.05, 4.69) is 15.3 Å². The Hall–Kier alpha value is -3.17. The molecule has 10 heteroatoms. The first-order chi connectivity index (χ1) is 17.0. The molecular weight excluding hydrogens is 475 g/mol. The topological polar surface area (TPSA) is 85.8 Å². The van der Waals surface area contributed by atoms with Gasteiger partial charge in [-0.25, -0.2) is 14.4 Å². The Kier molecular flexibility index (Phi) is 6.88. The summed E-state index contributed by atoms with van der Waals surface area (Å²) >= 11 is 5.92. The molecule has 8 nitrogen and oxygen atoms in total. The third kappa shape index (κ3) is 5.11. The van der Waals surface area contributed by atoms with Crippen LogP contribution in [0.4, 0.5) is 15.9 Å². The highest BCUT2D eigenvalue weighted by Crippen LogP contribution is 2.36. The first kappa shape index (κ1) is 23.6. The highest BCUT2D eigenvalue weighted by molar-refractivity contribution is 6.31. The number of halogens is 2. The van der Waals surface area contributed by atoms with Gasteiger partial charge in [-0.15, -0.1) is 0 Å². The maximum Gasteiger partial charge on any atom is 0.251 e. The maximum atomic E-state index is 13.6. The van der Waals surface area contributed by atoms with Crippen LogP contribution in [0.2, 0.25) is 5.02 Å². The summed E-state index contributed by atoms with van der Waals surface area (Å²) < 4.78 is 31.0. The van der Waals surface area contributed by atoms with E-state index >= 15 is 0 Å². The van der Waals surface area contributed by atoms with Gasteiger partial charge in [0.15, 0.2) is 11.5 Å². The Labute approximate surface area is 207 Å². The smallest absolute Gasteiger partial charge is 0.251 e. The van der Waals surface area contributed by atoms with E-state index in [1.807, 2.05) is 11.0 Å². The second-order valence-electron chi connectivity index (χ2n) is 8.64. The molecule has 2 fully saturated rings. The molecule has 1 aromatic heterocycles. The van der Waals surface area contributed by atoms with E-state index in [1.165, 1.54) is 18.5 Å². The van der Waals surface area contributed by atoms with Gasteiger partial charge in [0.05, 0.1) is 17.6 Å². The number of hydrogen-bond donors (Lipinski definition) is 1. The fourth-order valence-electron chi connectivity index (χ4n) is 4.48. The maximum absolute atomic E-state index is 13.6. The summed E-state index contributed by atoms with van der Waals surface area (Å²) in [6, 6.07) is 8.01. The van der Waals surface area contributed by atoms with Crippen molar-refractivity contribution >= 4 is 39.9 Å². The van der Waals surface area contributed by atoms with Crippen molar-refractivity contribution in [2.24, 2.45) is 0 Å². The van der Waals surface area contributed by atoms with Crippen molar-refractivity contribution in [3.63, 3.8) is 0 Å². The summed E-state index contributed by atoms with van der Waals surface area (Å²) in [6.07, 6.45) is 4.24. The van der Waals surface area contributed by atoms with Crippen LogP contribution in [0.3, 0.4) is 0 Å². The average Bonchev–Trinajstić information content (AvgIpc) is 3.41. The number of nitrogens with zero attached hydrogens (tertiary/aromatic N) is 3. The van der Waals surface area contributed by atoms with Gasteiger partial charge in [-0.2, -0.15) is 0 Å². The number of aromatic nitrogens is 2. The molecule has 0 radical (unpaired) electrons. The highest BCUT2D eigenvalue weighted by atomic mass is 35.5. The first-order valence-corrected chi connectivity index (χ1v) is 12.0. The molecular formula is C25H26ClFN4O4. The Bertz CT molecular complexity index is 1230. The summed E-state index contributed by atoms with van der Waals surface area (Å²) in [6.45, 7) is 1.91. The Balaban J connectivity index is 1.33. The molecule has 1 N–H and O–H groups in total. The minimum atomic E-state index is -0.492. The van der Waals surface area contributed by atoms with Crippen molar-refractivity contribution in [1.82, 2.24) is 14.9 Å². The van der Waals surface area contributed by atoms with Crippen LogP contribution in [-0.4, -0.2) is 59.8 Å². The minimum absolute atomic E-state index is 0.0170. The normalized spacial score (nSPS) is 18.6. The molecule has 35 heavy (non-hydrogen) atoms. The van der Waals surface area contributed by atoms with Gasteiger partial charge in [0.2, 0.25) is 0 Å². The van der Waals surface area contributed by atoms with Crippen molar-refractivity contribution in [3.05, 3.63) is 47.5 Å². The predicted molar refractivity (Wildman–Crippen MR) is 130 cm³/mol. The number of benzene rings is 2. The monoisotopic (exact) mass is 500 g/mol. The number of amides is 1. The zero-order valence-corrected chi connectivity index (χ0v) is 20.1. The molecule has 0 saturated carbocycles. The molecule has 5 rings (SSSR count). The van der Waals surface area contributed by atoms with E-state index in [4.69, 9.17) is 25.8 Å². The molecule has 184 valence electrons. The second kappa shape index (κ2) is 10.2. The van der Waals surface area contributed by atoms with E-state index in [-0.39, 0.29) is 23.1 Å². The Morgan fingerprint density at radius 3 is 2.71 bits per heavy atom. The van der Waals surface area contributed by atoms with Crippen molar-refractivity contribution < 1.29 is 23.4 Å². The molecule has 2 aliphatic heterocycles. The zero-order valence-electron chi connectivity index (χ0n) is 19.3. The van der Waals surface area contributed by atoms with Gasteiger partial charge >= 0.3 is 0 Å². The van der Waals surface area contributed by atoms with E-state index in [0.29, 0.717) is 61.1 Å². The molecule has 1 amide bonds. The number of fused-ring (bicyclic) bond motifs is 1. The predicted octanol–water partition coefficient (Wildman–Crippen LogP) is 4.72. The number of hydrogen-bond acceptors (Lipinski definition) is 7. The van der Waals surface area contributed by atoms with Crippen molar-refractivity contribution in [2.45, 2.75) is 37.9 Å². The van der Waals surface area contributed by atoms with Crippen LogP contribution in [0.15, 0.2) is 36.7 Å². The molecule has 3 heterocycles. The third-order valence-corrected chi connectivity index (χ3v) is 6.65. The summed E-state index contributed by atoms with van der Waals surface area (Å²) in [5, 5.41) is 3.91. The number of piperidine rings is 1. The Morgan fingerprint density at radius 2 is 2.00 bits per heavy atom. The van der Waals surface area contributed by atoms with Crippen LogP contribution < -0.4 is 14.8 Å². The van der Waals surface area contributed by atoms with Crippen molar-refractivity contribution in [3.8, 4) is 11.5 Å². The quantitative estimate of drug-likeness (QED) is 0.524. The lowest BCUT2D eigenvalue weighted by Gasteiger charge is -2.33. The van der Waals surface area contributed by atoms with Gasteiger partial charge < -0.3 is 24.4 Å². The van der Waals surface area contributed by atoms with Gasteiger partial charge in [-0.3, -0.25) is 4.79 Å². The number of rotatable bonds is 6. The molecule has 3 aromatic rings. The van der Waals surface area contributed by atoms with Crippen LogP contribution in [0.25, 0.3) is 10.9 Å². The van der Waals surface area contributed by atoms with Gasteiger partial charge in [-0.1, -0.05) is 11.6 Å². The van der Waals surface area contributed by atoms with Crippen molar-refractivity contribution in [1.29, 1.82) is 0 Å².